The first-order valence-corrected chi connectivity index (χ1v) is 8.04. The van der Waals surface area contributed by atoms with Crippen LogP contribution in [0.1, 0.15) is 35.8 Å². The monoisotopic (exact) mass is 321 g/mol. The number of carbonyl (C=O) groups is 1. The Labute approximate surface area is 141 Å². The molecule has 0 saturated carbocycles. The van der Waals surface area contributed by atoms with Gasteiger partial charge in [-0.2, -0.15) is 5.26 Å². The van der Waals surface area contributed by atoms with Crippen LogP contribution in [-0.2, 0) is 0 Å². The van der Waals surface area contributed by atoms with Crippen molar-refractivity contribution in [1.82, 2.24) is 14.9 Å². The van der Waals surface area contributed by atoms with Gasteiger partial charge in [0.05, 0.1) is 24.0 Å². The van der Waals surface area contributed by atoms with Gasteiger partial charge in [0.15, 0.2) is 0 Å². The van der Waals surface area contributed by atoms with Crippen LogP contribution < -0.4 is 5.32 Å². The molecule has 0 unspecified atom stereocenters. The Hall–Kier alpha value is -2.94. The first kappa shape index (κ1) is 15.9. The highest BCUT2D eigenvalue weighted by atomic mass is 16.2. The molecule has 1 aliphatic rings. The van der Waals surface area contributed by atoms with Crippen LogP contribution in [0.5, 0.6) is 0 Å². The van der Waals surface area contributed by atoms with Gasteiger partial charge in [-0.05, 0) is 43.0 Å². The topological polar surface area (TPSA) is 81.9 Å². The molecule has 6 nitrogen and oxygen atoms in total. The number of hydrogen-bond acceptors (Lipinski definition) is 5. The minimum absolute atomic E-state index is 0.0562. The van der Waals surface area contributed by atoms with Crippen LogP contribution in [-0.4, -0.2) is 33.9 Å². The van der Waals surface area contributed by atoms with Gasteiger partial charge in [0.2, 0.25) is 0 Å². The fraction of sp³-hybridized carbons (Fsp3) is 0.333. The van der Waals surface area contributed by atoms with Crippen LogP contribution in [0.3, 0.4) is 0 Å². The molecule has 0 atom stereocenters. The third-order valence-corrected chi connectivity index (χ3v) is 4.23. The van der Waals surface area contributed by atoms with E-state index < -0.39 is 0 Å². The summed E-state index contributed by atoms with van der Waals surface area (Å²) < 4.78 is 0. The maximum Gasteiger partial charge on any atom is 0.274 e. The summed E-state index contributed by atoms with van der Waals surface area (Å²) >= 11 is 0. The average Bonchev–Trinajstić information content (AvgIpc) is 2.63. The van der Waals surface area contributed by atoms with Gasteiger partial charge in [0.25, 0.3) is 5.91 Å². The Balaban J connectivity index is 1.64. The van der Waals surface area contributed by atoms with E-state index in [1.807, 2.05) is 4.90 Å². The molecular weight excluding hydrogens is 302 g/mol. The van der Waals surface area contributed by atoms with Crippen LogP contribution in [0.25, 0.3) is 0 Å². The molecule has 0 radical (unpaired) electrons. The average molecular weight is 321 g/mol. The van der Waals surface area contributed by atoms with Crippen LogP contribution >= 0.6 is 0 Å². The number of anilines is 2. The first-order valence-electron chi connectivity index (χ1n) is 8.04. The molecule has 6 heteroatoms. The van der Waals surface area contributed by atoms with Gasteiger partial charge in [-0.15, -0.1) is 0 Å². The Bertz CT molecular complexity index is 740. The molecule has 24 heavy (non-hydrogen) atoms. The predicted molar refractivity (Wildman–Crippen MR) is 90.8 cm³/mol. The number of hydrogen-bond donors (Lipinski definition) is 1. The molecule has 2 aromatic rings. The number of nitrogens with zero attached hydrogens (tertiary/aromatic N) is 4. The number of carbonyl (C=O) groups excluding carboxylic acids is 1. The van der Waals surface area contributed by atoms with E-state index in [1.54, 1.807) is 30.5 Å². The van der Waals surface area contributed by atoms with E-state index in [-0.39, 0.29) is 5.91 Å². The van der Waals surface area contributed by atoms with Crippen molar-refractivity contribution in [2.75, 3.05) is 18.4 Å². The lowest BCUT2D eigenvalue weighted by Crippen LogP contribution is -2.38. The van der Waals surface area contributed by atoms with E-state index in [4.69, 9.17) is 5.26 Å². The molecular formula is C18H19N5O. The van der Waals surface area contributed by atoms with Crippen molar-refractivity contribution in [2.24, 2.45) is 5.92 Å². The molecule has 122 valence electrons. The van der Waals surface area contributed by atoms with Gasteiger partial charge in [-0.3, -0.25) is 4.79 Å². The fourth-order valence-corrected chi connectivity index (χ4v) is 2.65. The maximum atomic E-state index is 12.4. The summed E-state index contributed by atoms with van der Waals surface area (Å²) in [5, 5.41) is 11.9. The van der Waals surface area contributed by atoms with E-state index in [1.165, 1.54) is 6.20 Å². The first-order chi connectivity index (χ1) is 11.7. The molecule has 1 aromatic carbocycles. The van der Waals surface area contributed by atoms with Gasteiger partial charge in [0, 0.05) is 18.8 Å². The van der Waals surface area contributed by atoms with E-state index in [0.29, 0.717) is 23.0 Å². The lowest BCUT2D eigenvalue weighted by Gasteiger charge is -2.29. The van der Waals surface area contributed by atoms with E-state index >= 15 is 0 Å². The van der Waals surface area contributed by atoms with Crippen LogP contribution in [0.2, 0.25) is 0 Å². The molecule has 0 aliphatic carbocycles. The molecule has 1 fully saturated rings. The molecule has 1 saturated heterocycles. The summed E-state index contributed by atoms with van der Waals surface area (Å²) in [4.78, 5) is 22.8. The normalized spacial score (nSPS) is 14.9. The lowest BCUT2D eigenvalue weighted by molar-refractivity contribution is 0.0691. The molecule has 0 bridgehead atoms. The molecule has 1 amide bonds. The van der Waals surface area contributed by atoms with Crippen molar-refractivity contribution in [2.45, 2.75) is 19.8 Å². The lowest BCUT2D eigenvalue weighted by atomic mass is 9.99. The zero-order valence-corrected chi connectivity index (χ0v) is 13.6. The molecule has 1 N–H and O–H groups in total. The minimum Gasteiger partial charge on any atom is -0.339 e. The van der Waals surface area contributed by atoms with Gasteiger partial charge in [-0.25, -0.2) is 9.97 Å². The summed E-state index contributed by atoms with van der Waals surface area (Å²) in [5.41, 5.74) is 1.78. The van der Waals surface area contributed by atoms with Crippen molar-refractivity contribution in [3.05, 3.63) is 47.9 Å². The van der Waals surface area contributed by atoms with Gasteiger partial charge < -0.3 is 10.2 Å². The molecule has 2 heterocycles. The smallest absolute Gasteiger partial charge is 0.274 e. The third-order valence-electron chi connectivity index (χ3n) is 4.23. The second-order valence-electron chi connectivity index (χ2n) is 6.08. The Morgan fingerprint density at radius 1 is 1.21 bits per heavy atom. The zero-order chi connectivity index (χ0) is 16.9. The summed E-state index contributed by atoms with van der Waals surface area (Å²) in [5.74, 6) is 1.18. The predicted octanol–water partition coefficient (Wildman–Crippen LogP) is 2.96. The van der Waals surface area contributed by atoms with Gasteiger partial charge >= 0.3 is 0 Å². The second-order valence-corrected chi connectivity index (χ2v) is 6.08. The number of piperidine rings is 1. The highest BCUT2D eigenvalue weighted by Crippen LogP contribution is 2.18. The van der Waals surface area contributed by atoms with Crippen LogP contribution in [0.4, 0.5) is 11.5 Å². The van der Waals surface area contributed by atoms with Crippen molar-refractivity contribution >= 4 is 17.4 Å². The summed E-state index contributed by atoms with van der Waals surface area (Å²) in [6.45, 7) is 3.78. The number of likely N-dealkylation sites (tertiary alicyclic amines) is 1. The SMILES string of the molecule is CC1CCN(C(=O)c2cnc(Nc3ccc(C#N)cc3)cn2)CC1. The second kappa shape index (κ2) is 7.09. The maximum absolute atomic E-state index is 12.4. The summed E-state index contributed by atoms with van der Waals surface area (Å²) in [6.07, 6.45) is 5.14. The van der Waals surface area contributed by atoms with Crippen molar-refractivity contribution in [1.29, 1.82) is 5.26 Å². The molecule has 1 aliphatic heterocycles. The number of nitriles is 1. The zero-order valence-electron chi connectivity index (χ0n) is 13.6. The number of rotatable bonds is 3. The summed E-state index contributed by atoms with van der Waals surface area (Å²) in [7, 11) is 0. The van der Waals surface area contributed by atoms with Crippen LogP contribution in [0, 0.1) is 17.2 Å². The quantitative estimate of drug-likeness (QED) is 0.940. The Kier molecular flexibility index (Phi) is 4.71. The number of benzene rings is 1. The molecule has 3 rings (SSSR count). The standard InChI is InChI=1S/C18H19N5O/c1-13-6-8-23(9-7-13)18(24)16-11-21-17(12-20-16)22-15-4-2-14(10-19)3-5-15/h2-5,11-13H,6-9H2,1H3,(H,21,22). The highest BCUT2D eigenvalue weighted by Gasteiger charge is 2.22. The molecule has 0 spiro atoms. The minimum atomic E-state index is -0.0562. The third kappa shape index (κ3) is 3.69. The van der Waals surface area contributed by atoms with Crippen LogP contribution in [0.15, 0.2) is 36.7 Å². The largest absolute Gasteiger partial charge is 0.339 e. The van der Waals surface area contributed by atoms with E-state index in [0.717, 1.165) is 31.6 Å². The van der Waals surface area contributed by atoms with Gasteiger partial charge in [0.1, 0.15) is 11.5 Å². The number of amides is 1. The van der Waals surface area contributed by atoms with Crippen molar-refractivity contribution < 1.29 is 4.79 Å². The van der Waals surface area contributed by atoms with Gasteiger partial charge in [-0.1, -0.05) is 6.92 Å². The highest BCUT2D eigenvalue weighted by molar-refractivity contribution is 5.92. The van der Waals surface area contributed by atoms with E-state index in [2.05, 4.69) is 28.3 Å². The van der Waals surface area contributed by atoms with Crippen molar-refractivity contribution in [3.8, 4) is 6.07 Å². The summed E-state index contributed by atoms with van der Waals surface area (Å²) in [6, 6.07) is 9.13. The molecule has 1 aromatic heterocycles. The Morgan fingerprint density at radius 2 is 1.92 bits per heavy atom. The number of nitrogens with one attached hydrogen (secondary N) is 1. The van der Waals surface area contributed by atoms with E-state index in [9.17, 15) is 4.79 Å². The van der Waals surface area contributed by atoms with Crippen molar-refractivity contribution in [3.63, 3.8) is 0 Å². The number of aromatic nitrogens is 2. The fourth-order valence-electron chi connectivity index (χ4n) is 2.65. The Morgan fingerprint density at radius 3 is 2.50 bits per heavy atom.